The molecular weight excluding hydrogens is 332 g/mol. The van der Waals surface area contributed by atoms with Crippen LogP contribution >= 0.6 is 11.8 Å². The summed E-state index contributed by atoms with van der Waals surface area (Å²) in [5.41, 5.74) is 1.11. The zero-order valence-corrected chi connectivity index (χ0v) is 13.2. The van der Waals surface area contributed by atoms with Gasteiger partial charge >= 0.3 is 17.9 Å². The SMILES string of the molecule is O=C(O)Cc1ccc(Sc2ccc(C(=O)O)cc2)cc1CC(=O)O. The van der Waals surface area contributed by atoms with Crippen LogP contribution in [-0.2, 0) is 22.4 Å². The van der Waals surface area contributed by atoms with Crippen LogP contribution in [0.15, 0.2) is 52.3 Å². The van der Waals surface area contributed by atoms with Gasteiger partial charge in [0.15, 0.2) is 0 Å². The molecule has 0 saturated heterocycles. The predicted molar refractivity (Wildman–Crippen MR) is 86.6 cm³/mol. The Morgan fingerprint density at radius 1 is 0.750 bits per heavy atom. The van der Waals surface area contributed by atoms with Crippen LogP contribution in [0, 0.1) is 0 Å². The number of carbonyl (C=O) groups is 3. The van der Waals surface area contributed by atoms with Gasteiger partial charge in [-0.05, 0) is 47.5 Å². The molecule has 2 aromatic carbocycles. The van der Waals surface area contributed by atoms with Crippen molar-refractivity contribution in [2.45, 2.75) is 22.6 Å². The minimum Gasteiger partial charge on any atom is -0.481 e. The third-order valence-electron chi connectivity index (χ3n) is 3.20. The number of rotatable bonds is 7. The molecule has 0 unspecified atom stereocenters. The number of aliphatic carboxylic acids is 2. The molecule has 0 spiro atoms. The number of carboxylic acid groups (broad SMARTS) is 3. The molecule has 3 N–H and O–H groups in total. The van der Waals surface area contributed by atoms with Gasteiger partial charge in [-0.1, -0.05) is 17.8 Å². The summed E-state index contributed by atoms with van der Waals surface area (Å²) in [6.45, 7) is 0. The Labute approximate surface area is 141 Å². The van der Waals surface area contributed by atoms with Gasteiger partial charge in [0.25, 0.3) is 0 Å². The Bertz CT molecular complexity index is 782. The summed E-state index contributed by atoms with van der Waals surface area (Å²) in [5.74, 6) is -3.06. The molecule has 0 radical (unpaired) electrons. The Balaban J connectivity index is 2.25. The first-order valence-electron chi connectivity index (χ1n) is 6.92. The van der Waals surface area contributed by atoms with Crippen LogP contribution < -0.4 is 0 Å². The molecule has 0 fully saturated rings. The first kappa shape index (κ1) is 17.6. The molecule has 0 aliphatic carbocycles. The van der Waals surface area contributed by atoms with Gasteiger partial charge in [0, 0.05) is 9.79 Å². The highest BCUT2D eigenvalue weighted by Gasteiger charge is 2.12. The standard InChI is InChI=1S/C17H14O6S/c18-15(19)8-11-3-6-14(7-12(11)9-16(20)21)24-13-4-1-10(2-5-13)17(22)23/h1-7H,8-9H2,(H,18,19)(H,20,21)(H,22,23). The maximum Gasteiger partial charge on any atom is 0.335 e. The topological polar surface area (TPSA) is 112 Å². The molecular formula is C17H14O6S. The number of aromatic carboxylic acids is 1. The van der Waals surface area contributed by atoms with E-state index in [1.165, 1.54) is 23.9 Å². The van der Waals surface area contributed by atoms with Gasteiger partial charge in [0.1, 0.15) is 0 Å². The molecule has 0 aliphatic heterocycles. The fourth-order valence-corrected chi connectivity index (χ4v) is 3.01. The predicted octanol–water partition coefficient (Wildman–Crippen LogP) is 2.79. The highest BCUT2D eigenvalue weighted by atomic mass is 32.2. The minimum absolute atomic E-state index is 0.183. The van der Waals surface area contributed by atoms with Crippen LogP contribution in [0.5, 0.6) is 0 Å². The van der Waals surface area contributed by atoms with Crippen molar-refractivity contribution in [2.75, 3.05) is 0 Å². The zero-order chi connectivity index (χ0) is 17.7. The van der Waals surface area contributed by atoms with Crippen molar-refractivity contribution in [2.24, 2.45) is 0 Å². The highest BCUT2D eigenvalue weighted by Crippen LogP contribution is 2.30. The van der Waals surface area contributed by atoms with E-state index in [1.807, 2.05) is 0 Å². The van der Waals surface area contributed by atoms with Gasteiger partial charge in [0.05, 0.1) is 18.4 Å². The van der Waals surface area contributed by atoms with Crippen molar-refractivity contribution in [3.8, 4) is 0 Å². The van der Waals surface area contributed by atoms with E-state index in [-0.39, 0.29) is 18.4 Å². The first-order chi connectivity index (χ1) is 11.3. The lowest BCUT2D eigenvalue weighted by Crippen LogP contribution is -2.08. The van der Waals surface area contributed by atoms with E-state index >= 15 is 0 Å². The molecule has 0 amide bonds. The summed E-state index contributed by atoms with van der Waals surface area (Å²) in [6, 6.07) is 11.3. The lowest BCUT2D eigenvalue weighted by molar-refractivity contribution is -0.137. The van der Waals surface area contributed by atoms with E-state index in [1.54, 1.807) is 30.3 Å². The first-order valence-corrected chi connectivity index (χ1v) is 7.73. The maximum absolute atomic E-state index is 11.0. The van der Waals surface area contributed by atoms with Crippen LogP contribution in [0.2, 0.25) is 0 Å². The summed E-state index contributed by atoms with van der Waals surface area (Å²) >= 11 is 1.34. The molecule has 0 aromatic heterocycles. The summed E-state index contributed by atoms with van der Waals surface area (Å²) < 4.78 is 0. The van der Waals surface area contributed by atoms with Gasteiger partial charge in [-0.3, -0.25) is 9.59 Å². The van der Waals surface area contributed by atoms with Crippen LogP contribution in [0.25, 0.3) is 0 Å². The average Bonchev–Trinajstić information content (AvgIpc) is 2.49. The third kappa shape index (κ3) is 4.85. The van der Waals surface area contributed by atoms with Crippen LogP contribution in [0.4, 0.5) is 0 Å². The largest absolute Gasteiger partial charge is 0.481 e. The molecule has 0 aliphatic rings. The van der Waals surface area contributed by atoms with E-state index in [2.05, 4.69) is 0 Å². The van der Waals surface area contributed by atoms with E-state index < -0.39 is 17.9 Å². The Morgan fingerprint density at radius 2 is 1.29 bits per heavy atom. The second-order valence-corrected chi connectivity index (χ2v) is 6.15. The quantitative estimate of drug-likeness (QED) is 0.706. The average molecular weight is 346 g/mol. The van der Waals surface area contributed by atoms with Crippen molar-refractivity contribution in [1.82, 2.24) is 0 Å². The van der Waals surface area contributed by atoms with Gasteiger partial charge < -0.3 is 15.3 Å². The molecule has 0 bridgehead atoms. The summed E-state index contributed by atoms with van der Waals surface area (Å²) in [7, 11) is 0. The minimum atomic E-state index is -1.03. The Morgan fingerprint density at radius 3 is 1.83 bits per heavy atom. The molecule has 7 heteroatoms. The molecule has 124 valence electrons. The fraction of sp³-hybridized carbons (Fsp3) is 0.118. The normalized spacial score (nSPS) is 10.3. The summed E-state index contributed by atoms with van der Waals surface area (Å²) in [6.07, 6.45) is -0.490. The second-order valence-electron chi connectivity index (χ2n) is 5.00. The molecule has 2 rings (SSSR count). The van der Waals surface area contributed by atoms with Gasteiger partial charge in [-0.2, -0.15) is 0 Å². The Kier molecular flexibility index (Phi) is 5.59. The van der Waals surface area contributed by atoms with Crippen molar-refractivity contribution >= 4 is 29.7 Å². The number of carboxylic acids is 3. The van der Waals surface area contributed by atoms with Crippen LogP contribution in [0.1, 0.15) is 21.5 Å². The molecule has 0 saturated carbocycles. The van der Waals surface area contributed by atoms with Crippen molar-refractivity contribution in [1.29, 1.82) is 0 Å². The van der Waals surface area contributed by atoms with Gasteiger partial charge in [-0.15, -0.1) is 0 Å². The molecule has 0 heterocycles. The highest BCUT2D eigenvalue weighted by molar-refractivity contribution is 7.99. The lowest BCUT2D eigenvalue weighted by Gasteiger charge is -2.09. The maximum atomic E-state index is 11.0. The van der Waals surface area contributed by atoms with E-state index in [0.29, 0.717) is 11.1 Å². The zero-order valence-electron chi connectivity index (χ0n) is 12.4. The van der Waals surface area contributed by atoms with E-state index in [9.17, 15) is 14.4 Å². The molecule has 2 aromatic rings. The molecule has 0 atom stereocenters. The van der Waals surface area contributed by atoms with E-state index in [4.69, 9.17) is 15.3 Å². The number of hydrogen-bond acceptors (Lipinski definition) is 4. The van der Waals surface area contributed by atoms with Crippen LogP contribution in [-0.4, -0.2) is 33.2 Å². The molecule has 6 nitrogen and oxygen atoms in total. The summed E-state index contributed by atoms with van der Waals surface area (Å²) in [5, 5.41) is 26.8. The number of hydrogen-bond donors (Lipinski definition) is 3. The van der Waals surface area contributed by atoms with Gasteiger partial charge in [-0.25, -0.2) is 4.79 Å². The number of benzene rings is 2. The Hall–Kier alpha value is -2.80. The van der Waals surface area contributed by atoms with E-state index in [0.717, 1.165) is 9.79 Å². The van der Waals surface area contributed by atoms with Crippen molar-refractivity contribution in [3.05, 3.63) is 59.2 Å². The van der Waals surface area contributed by atoms with Crippen molar-refractivity contribution in [3.63, 3.8) is 0 Å². The second kappa shape index (κ2) is 7.65. The monoisotopic (exact) mass is 346 g/mol. The molecule has 24 heavy (non-hydrogen) atoms. The summed E-state index contributed by atoms with van der Waals surface area (Å²) in [4.78, 5) is 34.2. The third-order valence-corrected chi connectivity index (χ3v) is 4.20. The van der Waals surface area contributed by atoms with Crippen LogP contribution in [0.3, 0.4) is 0 Å². The lowest BCUT2D eigenvalue weighted by atomic mass is 10.0. The van der Waals surface area contributed by atoms with Gasteiger partial charge in [0.2, 0.25) is 0 Å². The fourth-order valence-electron chi connectivity index (χ4n) is 2.13. The van der Waals surface area contributed by atoms with Crippen molar-refractivity contribution < 1.29 is 29.7 Å². The smallest absolute Gasteiger partial charge is 0.335 e.